The van der Waals surface area contributed by atoms with Crippen LogP contribution in [0, 0.1) is 13.8 Å². The zero-order chi connectivity index (χ0) is 20.6. The van der Waals surface area contributed by atoms with Gasteiger partial charge in [-0.3, -0.25) is 9.10 Å². The van der Waals surface area contributed by atoms with E-state index in [-0.39, 0.29) is 10.8 Å². The molecule has 3 aromatic rings. The van der Waals surface area contributed by atoms with Gasteiger partial charge in [-0.1, -0.05) is 26.0 Å². The number of carbonyl (C=O) groups excluding carboxylic acids is 1. The van der Waals surface area contributed by atoms with Crippen molar-refractivity contribution in [3.8, 4) is 0 Å². The van der Waals surface area contributed by atoms with Crippen molar-refractivity contribution in [1.82, 2.24) is 9.78 Å². The second-order valence-electron chi connectivity index (χ2n) is 6.98. The molecule has 3 rings (SSSR count). The molecule has 0 bridgehead atoms. The average Bonchev–Trinajstić information content (AvgIpc) is 3.26. The van der Waals surface area contributed by atoms with Gasteiger partial charge in [0, 0.05) is 12.7 Å². The molecule has 6 nitrogen and oxygen atoms in total. The van der Waals surface area contributed by atoms with Crippen LogP contribution < -0.4 is 4.31 Å². The normalized spacial score (nSPS) is 11.8. The quantitative estimate of drug-likeness (QED) is 0.624. The summed E-state index contributed by atoms with van der Waals surface area (Å²) in [7, 11) is -2.33. The van der Waals surface area contributed by atoms with Crippen LogP contribution in [0.4, 0.5) is 5.69 Å². The van der Waals surface area contributed by atoms with Gasteiger partial charge >= 0.3 is 0 Å². The minimum absolute atomic E-state index is 0.190. The fraction of sp³-hybridized carbons (Fsp3) is 0.300. The SMILES string of the molecule is Cc1cc(C)n(C(=O)c2sccc2N(C)S(=O)(=O)c2ccc(C(C)C)cc2)n1. The summed E-state index contributed by atoms with van der Waals surface area (Å²) in [6, 6.07) is 10.3. The van der Waals surface area contributed by atoms with Crippen molar-refractivity contribution in [3.05, 3.63) is 63.6 Å². The van der Waals surface area contributed by atoms with Crippen molar-refractivity contribution in [2.75, 3.05) is 11.4 Å². The van der Waals surface area contributed by atoms with Crippen LogP contribution in [-0.4, -0.2) is 31.2 Å². The molecular formula is C20H23N3O3S2. The number of hydrogen-bond acceptors (Lipinski definition) is 5. The maximum atomic E-state index is 13.1. The lowest BCUT2D eigenvalue weighted by atomic mass is 10.0. The first kappa shape index (κ1) is 20.3. The molecule has 0 unspecified atom stereocenters. The number of sulfonamides is 1. The number of benzene rings is 1. The molecule has 8 heteroatoms. The molecule has 0 saturated carbocycles. The Labute approximate surface area is 169 Å². The maximum absolute atomic E-state index is 13.1. The third kappa shape index (κ3) is 3.62. The van der Waals surface area contributed by atoms with Gasteiger partial charge in [0.2, 0.25) is 0 Å². The van der Waals surface area contributed by atoms with E-state index in [0.29, 0.717) is 22.2 Å². The average molecular weight is 418 g/mol. The summed E-state index contributed by atoms with van der Waals surface area (Å²) < 4.78 is 28.6. The first-order chi connectivity index (χ1) is 13.1. The fourth-order valence-corrected chi connectivity index (χ4v) is 5.06. The van der Waals surface area contributed by atoms with Gasteiger partial charge in [-0.2, -0.15) is 5.10 Å². The van der Waals surface area contributed by atoms with Crippen LogP contribution in [0.5, 0.6) is 0 Å². The van der Waals surface area contributed by atoms with Gasteiger partial charge in [0.1, 0.15) is 4.88 Å². The van der Waals surface area contributed by atoms with E-state index >= 15 is 0 Å². The largest absolute Gasteiger partial charge is 0.290 e. The zero-order valence-electron chi connectivity index (χ0n) is 16.5. The molecular weight excluding hydrogens is 394 g/mol. The van der Waals surface area contributed by atoms with Crippen molar-refractivity contribution in [3.63, 3.8) is 0 Å². The van der Waals surface area contributed by atoms with E-state index in [1.807, 2.05) is 25.1 Å². The molecule has 0 atom stereocenters. The van der Waals surface area contributed by atoms with Crippen LogP contribution in [0.1, 0.15) is 46.4 Å². The Hall–Kier alpha value is -2.45. The number of thiophene rings is 1. The molecule has 0 aliphatic rings. The van der Waals surface area contributed by atoms with E-state index in [4.69, 9.17) is 0 Å². The molecule has 0 spiro atoms. The fourth-order valence-electron chi connectivity index (χ4n) is 2.95. The van der Waals surface area contributed by atoms with E-state index in [2.05, 4.69) is 18.9 Å². The van der Waals surface area contributed by atoms with E-state index in [1.165, 1.54) is 23.1 Å². The summed E-state index contributed by atoms with van der Waals surface area (Å²) in [5.74, 6) is -0.0239. The highest BCUT2D eigenvalue weighted by molar-refractivity contribution is 7.92. The van der Waals surface area contributed by atoms with Gasteiger partial charge in [0.05, 0.1) is 16.3 Å². The molecule has 0 N–H and O–H groups in total. The van der Waals surface area contributed by atoms with E-state index in [1.54, 1.807) is 30.5 Å². The second kappa shape index (κ2) is 7.52. The molecule has 0 saturated heterocycles. The molecule has 148 valence electrons. The molecule has 2 aromatic heterocycles. The summed E-state index contributed by atoms with van der Waals surface area (Å²) in [4.78, 5) is 13.5. The molecule has 0 radical (unpaired) electrons. The van der Waals surface area contributed by atoms with Gasteiger partial charge < -0.3 is 0 Å². The lowest BCUT2D eigenvalue weighted by Gasteiger charge is -2.20. The highest BCUT2D eigenvalue weighted by Gasteiger charge is 2.27. The van der Waals surface area contributed by atoms with E-state index in [0.717, 1.165) is 15.6 Å². The van der Waals surface area contributed by atoms with Crippen LogP contribution in [0.25, 0.3) is 0 Å². The van der Waals surface area contributed by atoms with Gasteiger partial charge in [-0.25, -0.2) is 13.1 Å². The first-order valence-electron chi connectivity index (χ1n) is 8.87. The maximum Gasteiger partial charge on any atom is 0.290 e. The van der Waals surface area contributed by atoms with Gasteiger partial charge in [-0.05, 0) is 55.0 Å². The molecule has 0 aliphatic heterocycles. The highest BCUT2D eigenvalue weighted by atomic mass is 32.2. The van der Waals surface area contributed by atoms with Crippen LogP contribution in [0.2, 0.25) is 0 Å². The summed E-state index contributed by atoms with van der Waals surface area (Å²) >= 11 is 1.20. The lowest BCUT2D eigenvalue weighted by Crippen LogP contribution is -2.28. The number of aromatic nitrogens is 2. The smallest absolute Gasteiger partial charge is 0.268 e. The van der Waals surface area contributed by atoms with Crippen molar-refractivity contribution >= 4 is 33.0 Å². The minimum atomic E-state index is -3.79. The number of carbonyl (C=O) groups is 1. The number of rotatable bonds is 5. The number of aryl methyl sites for hydroxylation is 2. The van der Waals surface area contributed by atoms with Gasteiger partial charge in [0.15, 0.2) is 0 Å². The zero-order valence-corrected chi connectivity index (χ0v) is 18.1. The van der Waals surface area contributed by atoms with E-state index in [9.17, 15) is 13.2 Å². The highest BCUT2D eigenvalue weighted by Crippen LogP contribution is 2.31. The Balaban J connectivity index is 1.97. The van der Waals surface area contributed by atoms with Crippen molar-refractivity contribution in [2.45, 2.75) is 38.5 Å². The predicted molar refractivity (Wildman–Crippen MR) is 112 cm³/mol. The molecule has 0 amide bonds. The Morgan fingerprint density at radius 1 is 1.14 bits per heavy atom. The minimum Gasteiger partial charge on any atom is -0.268 e. The predicted octanol–water partition coefficient (Wildman–Crippen LogP) is 4.20. The standard InChI is InChI=1S/C20H23N3O3S2/c1-13(2)16-6-8-17(9-7-16)28(25,26)22(5)18-10-11-27-19(18)20(24)23-15(4)12-14(3)21-23/h6-13H,1-5H3. The Kier molecular flexibility index (Phi) is 5.45. The molecule has 1 aromatic carbocycles. The summed E-state index contributed by atoms with van der Waals surface area (Å²) in [6.07, 6.45) is 0. The van der Waals surface area contributed by atoms with Crippen LogP contribution in [-0.2, 0) is 10.0 Å². The summed E-state index contributed by atoms with van der Waals surface area (Å²) in [5.41, 5.74) is 2.85. The Bertz CT molecular complexity index is 1110. The molecule has 2 heterocycles. The summed E-state index contributed by atoms with van der Waals surface area (Å²) in [5, 5.41) is 5.93. The lowest BCUT2D eigenvalue weighted by molar-refractivity contribution is 0.0947. The third-order valence-corrected chi connectivity index (χ3v) is 7.26. The van der Waals surface area contributed by atoms with Gasteiger partial charge in [0.25, 0.3) is 15.9 Å². The van der Waals surface area contributed by atoms with E-state index < -0.39 is 10.0 Å². The van der Waals surface area contributed by atoms with Gasteiger partial charge in [-0.15, -0.1) is 11.3 Å². The number of nitrogens with zero attached hydrogens (tertiary/aromatic N) is 3. The van der Waals surface area contributed by atoms with Crippen LogP contribution in [0.3, 0.4) is 0 Å². The van der Waals surface area contributed by atoms with Crippen molar-refractivity contribution in [2.24, 2.45) is 0 Å². The van der Waals surface area contributed by atoms with Crippen molar-refractivity contribution in [1.29, 1.82) is 0 Å². The monoisotopic (exact) mass is 417 g/mol. The Morgan fingerprint density at radius 2 is 1.79 bits per heavy atom. The molecule has 0 aliphatic carbocycles. The number of anilines is 1. The van der Waals surface area contributed by atoms with Crippen LogP contribution >= 0.6 is 11.3 Å². The third-order valence-electron chi connectivity index (χ3n) is 4.59. The first-order valence-corrected chi connectivity index (χ1v) is 11.2. The Morgan fingerprint density at radius 3 is 2.32 bits per heavy atom. The molecule has 0 fully saturated rings. The van der Waals surface area contributed by atoms with Crippen molar-refractivity contribution < 1.29 is 13.2 Å². The summed E-state index contributed by atoms with van der Waals surface area (Å²) in [6.45, 7) is 7.71. The number of hydrogen-bond donors (Lipinski definition) is 0. The molecule has 28 heavy (non-hydrogen) atoms. The second-order valence-corrected chi connectivity index (χ2v) is 9.86. The van der Waals surface area contributed by atoms with Crippen LogP contribution in [0.15, 0.2) is 46.7 Å². The topological polar surface area (TPSA) is 72.3 Å².